The number of rotatable bonds is 5. The first kappa shape index (κ1) is 13.2. The Morgan fingerprint density at radius 3 is 2.56 bits per heavy atom. The lowest BCUT2D eigenvalue weighted by molar-refractivity contribution is 0.607. The monoisotopic (exact) mass is 240 g/mol. The predicted octanol–water partition coefficient (Wildman–Crippen LogP) is 3.86. The molecule has 0 bridgehead atoms. The Labute approximate surface area is 104 Å². The van der Waals surface area contributed by atoms with Crippen LogP contribution in [-0.2, 0) is 0 Å². The molecule has 0 saturated carbocycles. The fraction of sp³-hybridized carbons (Fsp3) is 0.538. The molecule has 2 nitrogen and oxygen atoms in total. The molecule has 1 rings (SSSR count). The van der Waals surface area contributed by atoms with Gasteiger partial charge in [-0.1, -0.05) is 25.4 Å². The lowest BCUT2D eigenvalue weighted by Crippen LogP contribution is -2.13. The predicted molar refractivity (Wildman–Crippen MR) is 73.7 cm³/mol. The van der Waals surface area contributed by atoms with Gasteiger partial charge in [0.05, 0.1) is 11.4 Å². The van der Waals surface area contributed by atoms with E-state index in [4.69, 9.17) is 11.6 Å². The summed E-state index contributed by atoms with van der Waals surface area (Å²) in [5.74, 6) is 0.717. The van der Waals surface area contributed by atoms with Crippen LogP contribution < -0.4 is 10.2 Å². The van der Waals surface area contributed by atoms with E-state index in [1.54, 1.807) is 0 Å². The van der Waals surface area contributed by atoms with Gasteiger partial charge in [-0.2, -0.15) is 0 Å². The zero-order valence-corrected chi connectivity index (χ0v) is 11.3. The number of hydrogen-bond donors (Lipinski definition) is 1. The van der Waals surface area contributed by atoms with Crippen LogP contribution in [0.4, 0.5) is 11.4 Å². The highest BCUT2D eigenvalue weighted by Gasteiger charge is 2.05. The topological polar surface area (TPSA) is 15.3 Å². The van der Waals surface area contributed by atoms with E-state index < -0.39 is 0 Å². The molecule has 90 valence electrons. The van der Waals surface area contributed by atoms with Gasteiger partial charge in [-0.05, 0) is 30.5 Å². The highest BCUT2D eigenvalue weighted by molar-refractivity contribution is 6.31. The molecule has 0 aliphatic carbocycles. The Hall–Kier alpha value is -0.890. The normalized spacial score (nSPS) is 10.6. The fourth-order valence-corrected chi connectivity index (χ4v) is 1.71. The van der Waals surface area contributed by atoms with Gasteiger partial charge in [0.1, 0.15) is 0 Å². The first-order valence-electron chi connectivity index (χ1n) is 5.71. The van der Waals surface area contributed by atoms with Crippen LogP contribution in [0.5, 0.6) is 0 Å². The molecule has 0 aliphatic heterocycles. The highest BCUT2D eigenvalue weighted by atomic mass is 35.5. The Morgan fingerprint density at radius 2 is 2.00 bits per heavy atom. The molecule has 1 aromatic rings. The average Bonchev–Trinajstić information content (AvgIpc) is 2.16. The summed E-state index contributed by atoms with van der Waals surface area (Å²) in [7, 11) is 4.08. The van der Waals surface area contributed by atoms with Crippen LogP contribution >= 0.6 is 11.6 Å². The minimum absolute atomic E-state index is 0.717. The highest BCUT2D eigenvalue weighted by Crippen LogP contribution is 2.27. The first-order valence-corrected chi connectivity index (χ1v) is 6.09. The smallest absolute Gasteiger partial charge is 0.0597 e. The molecule has 16 heavy (non-hydrogen) atoms. The fourth-order valence-electron chi connectivity index (χ4n) is 1.54. The number of nitrogens with zero attached hydrogens (tertiary/aromatic N) is 1. The number of nitrogens with one attached hydrogen (secondary N) is 1. The standard InChI is InChI=1S/C13H21ClN2/c1-10(2)7-8-15-12-9-11(14)5-6-13(12)16(3)4/h5-6,9-10,15H,7-8H2,1-4H3. The maximum absolute atomic E-state index is 6.00. The van der Waals surface area contributed by atoms with Gasteiger partial charge in [0.15, 0.2) is 0 Å². The molecular formula is C13H21ClN2. The van der Waals surface area contributed by atoms with Crippen molar-refractivity contribution in [2.75, 3.05) is 30.9 Å². The molecule has 3 heteroatoms. The van der Waals surface area contributed by atoms with Crippen molar-refractivity contribution in [2.45, 2.75) is 20.3 Å². The van der Waals surface area contributed by atoms with Crippen molar-refractivity contribution >= 4 is 23.0 Å². The Morgan fingerprint density at radius 1 is 1.31 bits per heavy atom. The van der Waals surface area contributed by atoms with E-state index in [-0.39, 0.29) is 0 Å². The summed E-state index contributed by atoms with van der Waals surface area (Å²) in [6.45, 7) is 5.44. The van der Waals surface area contributed by atoms with Crippen molar-refractivity contribution in [1.82, 2.24) is 0 Å². The van der Waals surface area contributed by atoms with Crippen LogP contribution in [0.2, 0.25) is 5.02 Å². The summed E-state index contributed by atoms with van der Waals surface area (Å²) in [4.78, 5) is 2.09. The average molecular weight is 241 g/mol. The quantitative estimate of drug-likeness (QED) is 0.841. The van der Waals surface area contributed by atoms with Crippen LogP contribution in [0.15, 0.2) is 18.2 Å². The summed E-state index contributed by atoms with van der Waals surface area (Å²) in [5.41, 5.74) is 2.28. The van der Waals surface area contributed by atoms with E-state index in [2.05, 4.69) is 24.1 Å². The van der Waals surface area contributed by atoms with E-state index in [1.807, 2.05) is 32.3 Å². The summed E-state index contributed by atoms with van der Waals surface area (Å²) in [5, 5.41) is 4.22. The molecule has 1 N–H and O–H groups in total. The van der Waals surface area contributed by atoms with Gasteiger partial charge in [-0.15, -0.1) is 0 Å². The van der Waals surface area contributed by atoms with Gasteiger partial charge in [-0.3, -0.25) is 0 Å². The third-order valence-corrected chi connectivity index (χ3v) is 2.71. The van der Waals surface area contributed by atoms with Gasteiger partial charge >= 0.3 is 0 Å². The summed E-state index contributed by atoms with van der Waals surface area (Å²) >= 11 is 6.00. The molecular weight excluding hydrogens is 220 g/mol. The lowest BCUT2D eigenvalue weighted by Gasteiger charge is -2.19. The second-order valence-electron chi connectivity index (χ2n) is 4.67. The van der Waals surface area contributed by atoms with Crippen molar-refractivity contribution in [3.8, 4) is 0 Å². The minimum Gasteiger partial charge on any atom is -0.383 e. The van der Waals surface area contributed by atoms with Gasteiger partial charge in [0.25, 0.3) is 0 Å². The Kier molecular flexibility index (Phi) is 4.94. The first-order chi connectivity index (χ1) is 7.50. The van der Waals surface area contributed by atoms with Crippen LogP contribution in [-0.4, -0.2) is 20.6 Å². The van der Waals surface area contributed by atoms with Crippen LogP contribution in [0.1, 0.15) is 20.3 Å². The number of halogens is 1. The van der Waals surface area contributed by atoms with Crippen molar-refractivity contribution in [1.29, 1.82) is 0 Å². The summed E-state index contributed by atoms with van der Waals surface area (Å²) in [6.07, 6.45) is 1.17. The van der Waals surface area contributed by atoms with E-state index in [0.29, 0.717) is 0 Å². The number of benzene rings is 1. The zero-order chi connectivity index (χ0) is 12.1. The second kappa shape index (κ2) is 6.00. The van der Waals surface area contributed by atoms with Crippen molar-refractivity contribution in [2.24, 2.45) is 5.92 Å². The zero-order valence-electron chi connectivity index (χ0n) is 10.5. The maximum Gasteiger partial charge on any atom is 0.0597 e. The molecule has 0 atom stereocenters. The van der Waals surface area contributed by atoms with Gasteiger partial charge < -0.3 is 10.2 Å². The SMILES string of the molecule is CC(C)CCNc1cc(Cl)ccc1N(C)C. The van der Waals surface area contributed by atoms with Crippen LogP contribution in [0.25, 0.3) is 0 Å². The van der Waals surface area contributed by atoms with Gasteiger partial charge in [0.2, 0.25) is 0 Å². The lowest BCUT2D eigenvalue weighted by atomic mass is 10.1. The third kappa shape index (κ3) is 3.93. The number of anilines is 2. The molecule has 0 aromatic heterocycles. The van der Waals surface area contributed by atoms with Crippen molar-refractivity contribution in [3.63, 3.8) is 0 Å². The molecule has 0 amide bonds. The molecule has 0 saturated heterocycles. The van der Waals surface area contributed by atoms with Crippen LogP contribution in [0, 0.1) is 5.92 Å². The maximum atomic E-state index is 6.00. The molecule has 1 aromatic carbocycles. The largest absolute Gasteiger partial charge is 0.383 e. The summed E-state index contributed by atoms with van der Waals surface area (Å²) in [6, 6.07) is 5.95. The van der Waals surface area contributed by atoms with Gasteiger partial charge in [0, 0.05) is 25.7 Å². The van der Waals surface area contributed by atoms with E-state index in [9.17, 15) is 0 Å². The molecule has 0 heterocycles. The molecule has 0 spiro atoms. The summed E-state index contributed by atoms with van der Waals surface area (Å²) < 4.78 is 0. The number of hydrogen-bond acceptors (Lipinski definition) is 2. The molecule has 0 radical (unpaired) electrons. The van der Waals surface area contributed by atoms with E-state index in [0.717, 1.165) is 23.2 Å². The van der Waals surface area contributed by atoms with Crippen molar-refractivity contribution in [3.05, 3.63) is 23.2 Å². The van der Waals surface area contributed by atoms with Gasteiger partial charge in [-0.25, -0.2) is 0 Å². The van der Waals surface area contributed by atoms with Crippen LogP contribution in [0.3, 0.4) is 0 Å². The van der Waals surface area contributed by atoms with E-state index >= 15 is 0 Å². The molecule has 0 unspecified atom stereocenters. The van der Waals surface area contributed by atoms with E-state index in [1.165, 1.54) is 12.1 Å². The third-order valence-electron chi connectivity index (χ3n) is 2.48. The Bertz CT molecular complexity index is 335. The minimum atomic E-state index is 0.717. The second-order valence-corrected chi connectivity index (χ2v) is 5.10. The molecule has 0 fully saturated rings. The van der Waals surface area contributed by atoms with Crippen molar-refractivity contribution < 1.29 is 0 Å². The Balaban J connectivity index is 2.72. The molecule has 0 aliphatic rings.